The molecule has 0 aliphatic carbocycles. The molecule has 0 aromatic heterocycles. The summed E-state index contributed by atoms with van der Waals surface area (Å²) in [5.74, 6) is 0. The fraction of sp³-hybridized carbons (Fsp3) is 0.950. The van der Waals surface area contributed by atoms with Crippen molar-refractivity contribution in [3.63, 3.8) is 0 Å². The van der Waals surface area contributed by atoms with Crippen molar-refractivity contribution in [2.24, 2.45) is 0 Å². The van der Waals surface area contributed by atoms with Crippen LogP contribution in [0.1, 0.15) is 123 Å². The Bertz CT molecular complexity index is 132. The van der Waals surface area contributed by atoms with Crippen LogP contribution < -0.4 is 0 Å². The zero-order valence-electron chi connectivity index (χ0n) is 14.6. The SMILES string of the molecule is CCCCCCCC[CH]CCCCCCCCCCC. The molecule has 0 heteroatoms. The summed E-state index contributed by atoms with van der Waals surface area (Å²) in [4.78, 5) is 0. The maximum Gasteiger partial charge on any atom is -0.0386 e. The lowest BCUT2D eigenvalue weighted by Gasteiger charge is -2.03. The van der Waals surface area contributed by atoms with Crippen LogP contribution in [0.3, 0.4) is 0 Å². The van der Waals surface area contributed by atoms with E-state index in [1.165, 1.54) is 109 Å². The third kappa shape index (κ3) is 18.0. The second-order valence-corrected chi connectivity index (χ2v) is 6.46. The highest BCUT2D eigenvalue weighted by molar-refractivity contribution is 4.64. The molecule has 0 bridgehead atoms. The topological polar surface area (TPSA) is 0 Å². The molecule has 0 nitrogen and oxygen atoms in total. The third-order valence-corrected chi connectivity index (χ3v) is 4.27. The monoisotopic (exact) mass is 281 g/mol. The molecule has 0 heterocycles. The Kier molecular flexibility index (Phi) is 19.0. The van der Waals surface area contributed by atoms with Gasteiger partial charge in [0.25, 0.3) is 0 Å². The molecule has 0 amide bonds. The molecule has 0 saturated heterocycles. The molecule has 1 radical (unpaired) electrons. The molecule has 0 aromatic carbocycles. The number of hydrogen-bond acceptors (Lipinski definition) is 0. The van der Waals surface area contributed by atoms with Crippen molar-refractivity contribution in [3.8, 4) is 0 Å². The van der Waals surface area contributed by atoms with Crippen LogP contribution in [0.4, 0.5) is 0 Å². The van der Waals surface area contributed by atoms with E-state index in [0.29, 0.717) is 0 Å². The predicted molar refractivity (Wildman–Crippen MR) is 94.1 cm³/mol. The molecule has 0 aromatic rings. The summed E-state index contributed by atoms with van der Waals surface area (Å²) in [6.45, 7) is 4.58. The Hall–Kier alpha value is 0. The third-order valence-electron chi connectivity index (χ3n) is 4.27. The minimum Gasteiger partial charge on any atom is -0.0654 e. The number of rotatable bonds is 17. The highest BCUT2D eigenvalue weighted by atomic mass is 14.0. The fourth-order valence-corrected chi connectivity index (χ4v) is 2.81. The Morgan fingerprint density at radius 1 is 0.400 bits per heavy atom. The van der Waals surface area contributed by atoms with Gasteiger partial charge in [0.05, 0.1) is 0 Å². The summed E-state index contributed by atoms with van der Waals surface area (Å²) in [5, 5.41) is 0. The van der Waals surface area contributed by atoms with Gasteiger partial charge in [0.1, 0.15) is 0 Å². The summed E-state index contributed by atoms with van der Waals surface area (Å²) in [7, 11) is 0. The molecule has 0 N–H and O–H groups in total. The van der Waals surface area contributed by atoms with Crippen LogP contribution in [0, 0.1) is 6.42 Å². The van der Waals surface area contributed by atoms with Crippen LogP contribution in [-0.2, 0) is 0 Å². The van der Waals surface area contributed by atoms with Gasteiger partial charge >= 0.3 is 0 Å². The van der Waals surface area contributed by atoms with E-state index >= 15 is 0 Å². The van der Waals surface area contributed by atoms with Gasteiger partial charge in [-0.15, -0.1) is 0 Å². The Morgan fingerprint density at radius 3 is 1.05 bits per heavy atom. The van der Waals surface area contributed by atoms with E-state index < -0.39 is 0 Å². The van der Waals surface area contributed by atoms with E-state index in [1.807, 2.05) is 0 Å². The standard InChI is InChI=1S/C20H41/c1-3-5-7-9-11-13-15-17-19-20-18-16-14-12-10-8-6-4-2/h17H,3-16,18-20H2,1-2H3. The average Bonchev–Trinajstić information content (AvgIpc) is 2.47. The minimum atomic E-state index is 1.36. The molecule has 20 heavy (non-hydrogen) atoms. The number of unbranched alkanes of at least 4 members (excludes halogenated alkanes) is 17. The fourth-order valence-electron chi connectivity index (χ4n) is 2.81. The quantitative estimate of drug-likeness (QED) is 0.238. The largest absolute Gasteiger partial charge is 0.0654 e. The molecule has 0 atom stereocenters. The minimum absolute atomic E-state index is 1.36. The normalized spacial score (nSPS) is 11.1. The smallest absolute Gasteiger partial charge is 0.0386 e. The predicted octanol–water partition coefficient (Wildman–Crippen LogP) is 7.86. The van der Waals surface area contributed by atoms with Crippen molar-refractivity contribution in [2.45, 2.75) is 123 Å². The Balaban J connectivity index is 2.89. The van der Waals surface area contributed by atoms with Crippen molar-refractivity contribution in [1.29, 1.82) is 0 Å². The van der Waals surface area contributed by atoms with E-state index in [-0.39, 0.29) is 0 Å². The Labute approximate surface area is 130 Å². The zero-order valence-corrected chi connectivity index (χ0v) is 14.6. The van der Waals surface area contributed by atoms with E-state index in [0.717, 1.165) is 0 Å². The summed E-state index contributed by atoms with van der Waals surface area (Å²) in [6, 6.07) is 0. The lowest BCUT2D eigenvalue weighted by atomic mass is 10.0. The molecular formula is C20H41. The summed E-state index contributed by atoms with van der Waals surface area (Å²) in [6.07, 6.45) is 26.9. The summed E-state index contributed by atoms with van der Waals surface area (Å²) < 4.78 is 0. The van der Waals surface area contributed by atoms with E-state index in [2.05, 4.69) is 20.3 Å². The van der Waals surface area contributed by atoms with Crippen LogP contribution in [-0.4, -0.2) is 0 Å². The van der Waals surface area contributed by atoms with Crippen LogP contribution in [0.15, 0.2) is 0 Å². The first-order chi connectivity index (χ1) is 9.91. The number of hydrogen-bond donors (Lipinski definition) is 0. The van der Waals surface area contributed by atoms with Gasteiger partial charge in [-0.25, -0.2) is 0 Å². The van der Waals surface area contributed by atoms with Crippen LogP contribution in [0.5, 0.6) is 0 Å². The molecule has 0 aliphatic heterocycles. The van der Waals surface area contributed by atoms with Gasteiger partial charge in [-0.05, 0) is 6.42 Å². The molecule has 0 spiro atoms. The van der Waals surface area contributed by atoms with Crippen molar-refractivity contribution in [3.05, 3.63) is 6.42 Å². The Morgan fingerprint density at radius 2 is 0.700 bits per heavy atom. The van der Waals surface area contributed by atoms with Gasteiger partial charge in [-0.2, -0.15) is 0 Å². The van der Waals surface area contributed by atoms with E-state index in [9.17, 15) is 0 Å². The van der Waals surface area contributed by atoms with Crippen LogP contribution in [0.25, 0.3) is 0 Å². The van der Waals surface area contributed by atoms with Gasteiger partial charge < -0.3 is 0 Å². The first-order valence-corrected chi connectivity index (χ1v) is 9.73. The van der Waals surface area contributed by atoms with Crippen LogP contribution >= 0.6 is 0 Å². The van der Waals surface area contributed by atoms with Gasteiger partial charge in [-0.3, -0.25) is 0 Å². The van der Waals surface area contributed by atoms with Crippen molar-refractivity contribution >= 4 is 0 Å². The molecule has 0 saturated carbocycles. The van der Waals surface area contributed by atoms with E-state index in [1.54, 1.807) is 0 Å². The maximum absolute atomic E-state index is 2.54. The molecule has 0 fully saturated rings. The van der Waals surface area contributed by atoms with Gasteiger partial charge in [0.15, 0.2) is 0 Å². The van der Waals surface area contributed by atoms with E-state index in [4.69, 9.17) is 0 Å². The molecule has 121 valence electrons. The first-order valence-electron chi connectivity index (χ1n) is 9.73. The summed E-state index contributed by atoms with van der Waals surface area (Å²) >= 11 is 0. The first kappa shape index (κ1) is 20.0. The molecule has 0 unspecified atom stereocenters. The lowest BCUT2D eigenvalue weighted by molar-refractivity contribution is 0.557. The van der Waals surface area contributed by atoms with Gasteiger partial charge in [0.2, 0.25) is 0 Å². The average molecular weight is 282 g/mol. The highest BCUT2D eigenvalue weighted by Gasteiger charge is 1.94. The molecule has 0 aliphatic rings. The van der Waals surface area contributed by atoms with Crippen molar-refractivity contribution in [1.82, 2.24) is 0 Å². The van der Waals surface area contributed by atoms with Gasteiger partial charge in [-0.1, -0.05) is 123 Å². The van der Waals surface area contributed by atoms with Crippen LogP contribution in [0.2, 0.25) is 0 Å². The van der Waals surface area contributed by atoms with Crippen molar-refractivity contribution in [2.75, 3.05) is 0 Å². The van der Waals surface area contributed by atoms with Crippen molar-refractivity contribution < 1.29 is 0 Å². The van der Waals surface area contributed by atoms with Gasteiger partial charge in [0, 0.05) is 0 Å². The maximum atomic E-state index is 2.54. The highest BCUT2D eigenvalue weighted by Crippen LogP contribution is 2.13. The lowest BCUT2D eigenvalue weighted by Crippen LogP contribution is -1.84. The zero-order chi connectivity index (χ0) is 14.7. The molecule has 0 rings (SSSR count). The summed E-state index contributed by atoms with van der Waals surface area (Å²) in [5.41, 5.74) is 0. The second kappa shape index (κ2) is 19.0. The second-order valence-electron chi connectivity index (χ2n) is 6.46. The molecular weight excluding hydrogens is 240 g/mol.